The lowest BCUT2D eigenvalue weighted by Gasteiger charge is -2.56. The SMILES string of the molecule is CC(C)c1ccccc1[C@@H]1CCCN1C1CC2(CCN(c3ccc(C=O)c(Oc4cnc5[nH]ccc5c4)c3)CC2)C1. The third kappa shape index (κ3) is 4.93. The molecule has 4 heterocycles. The lowest BCUT2D eigenvalue weighted by atomic mass is 9.59. The van der Waals surface area contributed by atoms with Gasteiger partial charge in [0.05, 0.1) is 11.8 Å². The maximum atomic E-state index is 11.8. The van der Waals surface area contributed by atoms with Crippen LogP contribution in [0.15, 0.2) is 67.0 Å². The zero-order valence-electron chi connectivity index (χ0n) is 24.2. The first kappa shape index (κ1) is 26.3. The summed E-state index contributed by atoms with van der Waals surface area (Å²) >= 11 is 0. The van der Waals surface area contributed by atoms with Gasteiger partial charge in [0.15, 0.2) is 6.29 Å². The quantitative estimate of drug-likeness (QED) is 0.238. The predicted octanol–water partition coefficient (Wildman–Crippen LogP) is 7.88. The zero-order valence-corrected chi connectivity index (χ0v) is 24.2. The Bertz CT molecular complexity index is 1540. The van der Waals surface area contributed by atoms with Gasteiger partial charge in [-0.05, 0) is 91.8 Å². The summed E-state index contributed by atoms with van der Waals surface area (Å²) in [7, 11) is 0. The number of pyridine rings is 1. The molecule has 1 atom stereocenters. The average molecular weight is 549 g/mol. The number of nitrogens with zero attached hydrogens (tertiary/aromatic N) is 3. The topological polar surface area (TPSA) is 61.5 Å². The van der Waals surface area contributed by atoms with Crippen molar-refractivity contribution < 1.29 is 9.53 Å². The number of hydrogen-bond acceptors (Lipinski definition) is 5. The fourth-order valence-corrected chi connectivity index (χ4v) is 7.73. The highest BCUT2D eigenvalue weighted by atomic mass is 16.5. The summed E-state index contributed by atoms with van der Waals surface area (Å²) in [6, 6.07) is 20.3. The molecule has 1 saturated carbocycles. The molecule has 212 valence electrons. The standard InChI is InChI=1S/C35H40N4O2/c1-24(2)30-6-3-4-7-31(30)32-8-5-15-39(32)28-20-35(21-28)12-16-38(17-13-35)27-10-9-26(23-40)33(19-27)41-29-18-25-11-14-36-34(25)37-22-29/h3-4,6-7,9-11,14,18-19,22-24,28,32H,5,8,12-13,15-17,20-21H2,1-2H3,(H,36,37)/t32-/m0/s1. The molecule has 6 nitrogen and oxygen atoms in total. The molecule has 3 aliphatic rings. The Balaban J connectivity index is 1.00. The molecule has 2 aromatic carbocycles. The first-order valence-electron chi connectivity index (χ1n) is 15.3. The van der Waals surface area contributed by atoms with Gasteiger partial charge in [-0.1, -0.05) is 38.1 Å². The Morgan fingerprint density at radius 2 is 1.88 bits per heavy atom. The van der Waals surface area contributed by atoms with Gasteiger partial charge in [-0.2, -0.15) is 0 Å². The minimum absolute atomic E-state index is 0.478. The van der Waals surface area contributed by atoms with Crippen LogP contribution in [0.25, 0.3) is 11.0 Å². The lowest BCUT2D eigenvalue weighted by Crippen LogP contribution is -2.54. The highest BCUT2D eigenvalue weighted by Crippen LogP contribution is 2.54. The van der Waals surface area contributed by atoms with E-state index in [1.807, 2.05) is 30.5 Å². The van der Waals surface area contributed by atoms with Crippen LogP contribution < -0.4 is 9.64 Å². The van der Waals surface area contributed by atoms with Gasteiger partial charge in [-0.25, -0.2) is 4.98 Å². The van der Waals surface area contributed by atoms with Gasteiger partial charge in [0.1, 0.15) is 17.1 Å². The van der Waals surface area contributed by atoms with E-state index in [1.54, 1.807) is 11.8 Å². The van der Waals surface area contributed by atoms with E-state index >= 15 is 0 Å². The summed E-state index contributed by atoms with van der Waals surface area (Å²) in [6.07, 6.45) is 12.1. The summed E-state index contributed by atoms with van der Waals surface area (Å²) < 4.78 is 6.18. The summed E-state index contributed by atoms with van der Waals surface area (Å²) in [5.74, 6) is 1.78. The smallest absolute Gasteiger partial charge is 0.153 e. The van der Waals surface area contributed by atoms with Crippen molar-refractivity contribution in [3.05, 3.63) is 83.7 Å². The van der Waals surface area contributed by atoms with Gasteiger partial charge in [0, 0.05) is 48.5 Å². The number of nitrogens with one attached hydrogen (secondary N) is 1. The number of aldehydes is 1. The Morgan fingerprint density at radius 3 is 2.68 bits per heavy atom. The largest absolute Gasteiger partial charge is 0.455 e. The number of aromatic amines is 1. The van der Waals surface area contributed by atoms with Crippen molar-refractivity contribution in [3.8, 4) is 11.5 Å². The molecule has 6 heteroatoms. The number of carbonyl (C=O) groups is 1. The summed E-state index contributed by atoms with van der Waals surface area (Å²) in [5, 5.41) is 0.982. The second-order valence-electron chi connectivity index (χ2n) is 12.8. The highest BCUT2D eigenvalue weighted by molar-refractivity contribution is 5.81. The Labute approximate surface area is 242 Å². The lowest BCUT2D eigenvalue weighted by molar-refractivity contribution is -0.0227. The highest BCUT2D eigenvalue weighted by Gasteiger charge is 2.50. The summed E-state index contributed by atoms with van der Waals surface area (Å²) in [4.78, 5) is 24.6. The first-order chi connectivity index (χ1) is 20.0. The van der Waals surface area contributed by atoms with Gasteiger partial charge in [-0.3, -0.25) is 9.69 Å². The minimum Gasteiger partial charge on any atom is -0.455 e. The average Bonchev–Trinajstić information content (AvgIpc) is 3.65. The van der Waals surface area contributed by atoms with Crippen LogP contribution in [0.1, 0.15) is 85.8 Å². The molecule has 0 radical (unpaired) electrons. The molecule has 4 aromatic rings. The van der Waals surface area contributed by atoms with Gasteiger partial charge in [0.25, 0.3) is 0 Å². The number of carbonyl (C=O) groups excluding carboxylic acids is 1. The normalized spacial score (nSPS) is 21.0. The van der Waals surface area contributed by atoms with Crippen LogP contribution in [0, 0.1) is 5.41 Å². The number of hydrogen-bond donors (Lipinski definition) is 1. The number of aromatic nitrogens is 2. The Morgan fingerprint density at radius 1 is 1.05 bits per heavy atom. The number of rotatable bonds is 7. The van der Waals surface area contributed by atoms with Crippen LogP contribution in [0.4, 0.5) is 5.69 Å². The van der Waals surface area contributed by atoms with Crippen LogP contribution in [-0.2, 0) is 0 Å². The number of fused-ring (bicyclic) bond motifs is 1. The second-order valence-corrected chi connectivity index (χ2v) is 12.8. The molecule has 1 N–H and O–H groups in total. The molecule has 7 rings (SSSR count). The van der Waals surface area contributed by atoms with Crippen molar-refractivity contribution in [2.24, 2.45) is 5.41 Å². The van der Waals surface area contributed by atoms with Crippen molar-refractivity contribution in [1.82, 2.24) is 14.9 Å². The number of anilines is 1. The molecule has 2 saturated heterocycles. The van der Waals surface area contributed by atoms with Crippen molar-refractivity contribution in [2.75, 3.05) is 24.5 Å². The monoisotopic (exact) mass is 548 g/mol. The van der Waals surface area contributed by atoms with Crippen molar-refractivity contribution >= 4 is 23.0 Å². The second kappa shape index (κ2) is 10.6. The molecule has 2 aliphatic heterocycles. The number of H-pyrrole nitrogens is 1. The van der Waals surface area contributed by atoms with Crippen molar-refractivity contribution in [1.29, 1.82) is 0 Å². The van der Waals surface area contributed by atoms with Crippen LogP contribution >= 0.6 is 0 Å². The zero-order chi connectivity index (χ0) is 28.0. The molecule has 1 aliphatic carbocycles. The molecule has 0 unspecified atom stereocenters. The molecule has 0 bridgehead atoms. The van der Waals surface area contributed by atoms with Crippen LogP contribution in [-0.4, -0.2) is 46.8 Å². The van der Waals surface area contributed by atoms with E-state index in [2.05, 4.69) is 63.9 Å². The van der Waals surface area contributed by atoms with E-state index in [1.165, 1.54) is 50.6 Å². The van der Waals surface area contributed by atoms with E-state index in [9.17, 15) is 4.79 Å². The maximum absolute atomic E-state index is 11.8. The molecular formula is C35H40N4O2. The number of piperidine rings is 1. The van der Waals surface area contributed by atoms with Crippen LogP contribution in [0.2, 0.25) is 0 Å². The summed E-state index contributed by atoms with van der Waals surface area (Å²) in [5.41, 5.74) is 6.07. The van der Waals surface area contributed by atoms with Gasteiger partial charge < -0.3 is 14.6 Å². The number of ether oxygens (including phenoxy) is 1. The number of benzene rings is 2. The maximum Gasteiger partial charge on any atom is 0.153 e. The molecule has 2 aromatic heterocycles. The van der Waals surface area contributed by atoms with Crippen LogP contribution in [0.5, 0.6) is 11.5 Å². The van der Waals surface area contributed by atoms with E-state index in [0.29, 0.717) is 40.5 Å². The molecule has 1 spiro atoms. The molecular weight excluding hydrogens is 508 g/mol. The predicted molar refractivity (Wildman–Crippen MR) is 164 cm³/mol. The fraction of sp³-hybridized carbons (Fsp3) is 0.429. The third-order valence-corrected chi connectivity index (χ3v) is 9.99. The Kier molecular flexibility index (Phi) is 6.82. The van der Waals surface area contributed by atoms with E-state index in [-0.39, 0.29) is 0 Å². The molecule has 0 amide bonds. The van der Waals surface area contributed by atoms with E-state index < -0.39 is 0 Å². The molecule has 41 heavy (non-hydrogen) atoms. The summed E-state index contributed by atoms with van der Waals surface area (Å²) in [6.45, 7) is 7.98. The van der Waals surface area contributed by atoms with Crippen LogP contribution in [0.3, 0.4) is 0 Å². The van der Waals surface area contributed by atoms with E-state index in [4.69, 9.17) is 4.74 Å². The fourth-order valence-electron chi connectivity index (χ4n) is 7.73. The third-order valence-electron chi connectivity index (χ3n) is 9.99. The number of likely N-dealkylation sites (tertiary alicyclic amines) is 1. The Hall–Kier alpha value is -3.64. The molecule has 3 fully saturated rings. The van der Waals surface area contributed by atoms with Gasteiger partial charge in [-0.15, -0.1) is 0 Å². The van der Waals surface area contributed by atoms with Crippen molar-refractivity contribution in [3.63, 3.8) is 0 Å². The van der Waals surface area contributed by atoms with Gasteiger partial charge in [0.2, 0.25) is 0 Å². The minimum atomic E-state index is 0.478. The van der Waals surface area contributed by atoms with Crippen molar-refractivity contribution in [2.45, 2.75) is 70.4 Å². The first-order valence-corrected chi connectivity index (χ1v) is 15.3. The van der Waals surface area contributed by atoms with Gasteiger partial charge >= 0.3 is 0 Å². The van der Waals surface area contributed by atoms with E-state index in [0.717, 1.165) is 36.1 Å².